The van der Waals surface area contributed by atoms with Crippen LogP contribution in [0.3, 0.4) is 0 Å². The molecule has 2 atom stereocenters. The summed E-state index contributed by atoms with van der Waals surface area (Å²) in [5.74, 6) is 0. The van der Waals surface area contributed by atoms with Gasteiger partial charge in [0.25, 0.3) is 0 Å². The molecule has 0 aliphatic heterocycles. The second-order valence-electron chi connectivity index (χ2n) is 6.52. The lowest BCUT2D eigenvalue weighted by molar-refractivity contribution is -0.00164. The predicted molar refractivity (Wildman–Crippen MR) is 78.9 cm³/mol. The maximum Gasteiger partial charge on any atom is 0.0810 e. The number of rotatable bonds is 4. The smallest absolute Gasteiger partial charge is 0.0810 e. The van der Waals surface area contributed by atoms with Gasteiger partial charge in [0.05, 0.1) is 12.1 Å². The maximum absolute atomic E-state index is 5.79. The number of methoxy groups -OCH3 is 1. The Morgan fingerprint density at radius 2 is 1.83 bits per heavy atom. The first-order valence-electron chi connectivity index (χ1n) is 7.39. The van der Waals surface area contributed by atoms with E-state index >= 15 is 0 Å². The van der Waals surface area contributed by atoms with E-state index in [1.54, 1.807) is 5.57 Å². The van der Waals surface area contributed by atoms with Crippen molar-refractivity contribution < 1.29 is 4.74 Å². The van der Waals surface area contributed by atoms with E-state index in [2.05, 4.69) is 39.2 Å². The van der Waals surface area contributed by atoms with Crippen LogP contribution in [0.2, 0.25) is 0 Å². The summed E-state index contributed by atoms with van der Waals surface area (Å²) in [6.07, 6.45) is 10.6. The van der Waals surface area contributed by atoms with Crippen LogP contribution in [0.4, 0.5) is 0 Å². The minimum atomic E-state index is 0.158. The minimum Gasteiger partial charge on any atom is -0.379 e. The van der Waals surface area contributed by atoms with Crippen LogP contribution < -0.4 is 5.32 Å². The topological polar surface area (TPSA) is 21.3 Å². The predicted octanol–water partition coefficient (Wildman–Crippen LogP) is 3.92. The summed E-state index contributed by atoms with van der Waals surface area (Å²) in [5.41, 5.74) is 1.71. The molecule has 0 saturated carbocycles. The highest BCUT2D eigenvalue weighted by molar-refractivity contribution is 5.15. The Morgan fingerprint density at radius 3 is 2.39 bits per heavy atom. The summed E-state index contributed by atoms with van der Waals surface area (Å²) in [5, 5.41) is 3.48. The second kappa shape index (κ2) is 7.30. The Balaban J connectivity index is 2.85. The van der Waals surface area contributed by atoms with Gasteiger partial charge in [-0.15, -0.1) is 0 Å². The van der Waals surface area contributed by atoms with Crippen molar-refractivity contribution in [1.82, 2.24) is 5.32 Å². The lowest BCUT2D eigenvalue weighted by Crippen LogP contribution is -2.47. The van der Waals surface area contributed by atoms with Crippen LogP contribution >= 0.6 is 0 Å². The molecule has 0 spiro atoms. The van der Waals surface area contributed by atoms with E-state index < -0.39 is 0 Å². The average molecular weight is 253 g/mol. The molecule has 0 fully saturated rings. The summed E-state index contributed by atoms with van der Waals surface area (Å²) in [6.45, 7) is 6.78. The van der Waals surface area contributed by atoms with Crippen LogP contribution in [-0.4, -0.2) is 26.3 Å². The quantitative estimate of drug-likeness (QED) is 0.767. The highest BCUT2D eigenvalue weighted by Gasteiger charge is 2.33. The molecular weight excluding hydrogens is 222 g/mol. The normalized spacial score (nSPS) is 21.7. The zero-order valence-electron chi connectivity index (χ0n) is 12.9. The van der Waals surface area contributed by atoms with Crippen LogP contribution in [0.1, 0.15) is 59.3 Å². The van der Waals surface area contributed by atoms with Gasteiger partial charge in [-0.3, -0.25) is 0 Å². The van der Waals surface area contributed by atoms with Gasteiger partial charge in [-0.05, 0) is 38.1 Å². The molecule has 1 N–H and O–H groups in total. The number of allylic oxidation sites excluding steroid dienone is 1. The van der Waals surface area contributed by atoms with Crippen LogP contribution in [0.5, 0.6) is 0 Å². The van der Waals surface area contributed by atoms with Crippen molar-refractivity contribution in [2.75, 3.05) is 14.2 Å². The van der Waals surface area contributed by atoms with E-state index in [4.69, 9.17) is 4.74 Å². The first kappa shape index (κ1) is 15.7. The second-order valence-corrected chi connectivity index (χ2v) is 6.52. The van der Waals surface area contributed by atoms with E-state index in [1.165, 1.54) is 38.5 Å². The highest BCUT2D eigenvalue weighted by Crippen LogP contribution is 2.30. The monoisotopic (exact) mass is 253 g/mol. The SMILES string of the molecule is CNC(C1=CCCCCCC1)C(OC)C(C)(C)C. The molecular formula is C16H31NO. The van der Waals surface area contributed by atoms with Crippen molar-refractivity contribution in [3.63, 3.8) is 0 Å². The van der Waals surface area contributed by atoms with Gasteiger partial charge in [-0.2, -0.15) is 0 Å². The Labute approximate surface area is 113 Å². The first-order valence-corrected chi connectivity index (χ1v) is 7.39. The molecule has 0 radical (unpaired) electrons. The summed E-state index contributed by atoms with van der Waals surface area (Å²) < 4.78 is 5.79. The summed E-state index contributed by atoms with van der Waals surface area (Å²) in [4.78, 5) is 0. The summed E-state index contributed by atoms with van der Waals surface area (Å²) in [6, 6.07) is 0.355. The largest absolute Gasteiger partial charge is 0.379 e. The molecule has 1 rings (SSSR count). The van der Waals surface area contributed by atoms with E-state index in [-0.39, 0.29) is 11.5 Å². The van der Waals surface area contributed by atoms with Gasteiger partial charge in [-0.25, -0.2) is 0 Å². The van der Waals surface area contributed by atoms with Crippen molar-refractivity contribution >= 4 is 0 Å². The third-order valence-electron chi connectivity index (χ3n) is 3.95. The van der Waals surface area contributed by atoms with Crippen LogP contribution in [0.25, 0.3) is 0 Å². The number of hydrogen-bond donors (Lipinski definition) is 1. The first-order chi connectivity index (χ1) is 8.50. The van der Waals surface area contributed by atoms with E-state index in [0.717, 1.165) is 0 Å². The fourth-order valence-electron chi connectivity index (χ4n) is 3.02. The maximum atomic E-state index is 5.79. The minimum absolute atomic E-state index is 0.158. The molecule has 0 heterocycles. The van der Waals surface area contributed by atoms with Crippen molar-refractivity contribution in [1.29, 1.82) is 0 Å². The van der Waals surface area contributed by atoms with Crippen LogP contribution in [0, 0.1) is 5.41 Å². The Morgan fingerprint density at radius 1 is 1.17 bits per heavy atom. The molecule has 18 heavy (non-hydrogen) atoms. The third-order valence-corrected chi connectivity index (χ3v) is 3.95. The Hall–Kier alpha value is -0.340. The molecule has 0 aromatic carbocycles. The number of ether oxygens (including phenoxy) is 1. The number of nitrogens with one attached hydrogen (secondary N) is 1. The van der Waals surface area contributed by atoms with Crippen molar-refractivity contribution in [2.24, 2.45) is 5.41 Å². The number of hydrogen-bond acceptors (Lipinski definition) is 2. The molecule has 2 nitrogen and oxygen atoms in total. The van der Waals surface area contributed by atoms with Gasteiger partial charge < -0.3 is 10.1 Å². The van der Waals surface area contributed by atoms with Crippen LogP contribution in [-0.2, 0) is 4.74 Å². The molecule has 1 aliphatic carbocycles. The molecule has 0 aromatic rings. The van der Waals surface area contributed by atoms with Gasteiger partial charge in [0.15, 0.2) is 0 Å². The Kier molecular flexibility index (Phi) is 6.37. The number of likely N-dealkylation sites (N-methyl/N-ethyl adjacent to an activating group) is 1. The molecule has 0 aromatic heterocycles. The zero-order chi connectivity index (χ0) is 13.6. The van der Waals surface area contributed by atoms with Crippen molar-refractivity contribution in [2.45, 2.75) is 71.4 Å². The molecule has 0 bridgehead atoms. The average Bonchev–Trinajstić information content (AvgIpc) is 2.24. The molecule has 1 aliphatic rings. The zero-order valence-corrected chi connectivity index (χ0v) is 12.9. The summed E-state index contributed by atoms with van der Waals surface area (Å²) in [7, 11) is 3.89. The summed E-state index contributed by atoms with van der Waals surface area (Å²) >= 11 is 0. The molecule has 0 saturated heterocycles. The van der Waals surface area contributed by atoms with E-state index in [0.29, 0.717) is 6.04 Å². The standard InChI is InChI=1S/C16H31NO/c1-16(2,3)15(18-5)14(17-4)13-11-9-7-6-8-10-12-13/h11,14-15,17H,6-10,12H2,1-5H3. The molecule has 0 amide bonds. The van der Waals surface area contributed by atoms with Gasteiger partial charge in [0, 0.05) is 7.11 Å². The molecule has 2 heteroatoms. The molecule has 106 valence electrons. The lowest BCUT2D eigenvalue weighted by Gasteiger charge is -2.37. The Bertz CT molecular complexity index is 265. The van der Waals surface area contributed by atoms with Crippen molar-refractivity contribution in [3.05, 3.63) is 11.6 Å². The van der Waals surface area contributed by atoms with Gasteiger partial charge >= 0.3 is 0 Å². The molecule has 2 unspecified atom stereocenters. The van der Waals surface area contributed by atoms with Gasteiger partial charge in [0.2, 0.25) is 0 Å². The van der Waals surface area contributed by atoms with Gasteiger partial charge in [0.1, 0.15) is 0 Å². The highest BCUT2D eigenvalue weighted by atomic mass is 16.5. The van der Waals surface area contributed by atoms with E-state index in [9.17, 15) is 0 Å². The van der Waals surface area contributed by atoms with E-state index in [1.807, 2.05) is 7.11 Å². The van der Waals surface area contributed by atoms with Gasteiger partial charge in [-0.1, -0.05) is 45.3 Å². The fraction of sp³-hybridized carbons (Fsp3) is 0.875. The third kappa shape index (κ3) is 4.40. The van der Waals surface area contributed by atoms with Crippen molar-refractivity contribution in [3.8, 4) is 0 Å². The van der Waals surface area contributed by atoms with Crippen LogP contribution in [0.15, 0.2) is 11.6 Å². The lowest BCUT2D eigenvalue weighted by atomic mass is 9.80. The fourth-order valence-corrected chi connectivity index (χ4v) is 3.02.